The average molecular weight is 254 g/mol. The molecule has 0 saturated carbocycles. The van der Waals surface area contributed by atoms with Gasteiger partial charge in [0, 0.05) is 5.56 Å². The number of aryl methyl sites for hydroxylation is 1. The van der Waals surface area contributed by atoms with Crippen LogP contribution in [0.15, 0.2) is 28.9 Å². The molecule has 0 spiro atoms. The monoisotopic (exact) mass is 254 g/mol. The van der Waals surface area contributed by atoms with Gasteiger partial charge in [-0.3, -0.25) is 0 Å². The molecule has 1 heterocycles. The van der Waals surface area contributed by atoms with Crippen molar-refractivity contribution in [1.29, 1.82) is 5.26 Å². The van der Waals surface area contributed by atoms with Gasteiger partial charge >= 0.3 is 0 Å². The molecule has 2 aromatic rings. The minimum atomic E-state index is 0.0601. The van der Waals surface area contributed by atoms with Crippen LogP contribution in [-0.4, -0.2) is 0 Å². The van der Waals surface area contributed by atoms with Crippen LogP contribution in [0.4, 0.5) is 5.88 Å². The number of furan rings is 1. The van der Waals surface area contributed by atoms with E-state index in [1.54, 1.807) is 6.26 Å². The van der Waals surface area contributed by atoms with E-state index in [0.717, 1.165) is 16.7 Å². The van der Waals surface area contributed by atoms with Gasteiger partial charge < -0.3 is 10.2 Å². The Morgan fingerprint density at radius 3 is 2.47 bits per heavy atom. The van der Waals surface area contributed by atoms with Crippen LogP contribution in [0.5, 0.6) is 0 Å². The molecule has 2 rings (SSSR count). The number of nitriles is 1. The van der Waals surface area contributed by atoms with Crippen molar-refractivity contribution in [3.05, 3.63) is 41.2 Å². The summed E-state index contributed by atoms with van der Waals surface area (Å²) >= 11 is 0. The number of nitrogen functional groups attached to an aromatic ring is 1. The van der Waals surface area contributed by atoms with Crippen LogP contribution < -0.4 is 5.73 Å². The Kier molecular flexibility index (Phi) is 3.11. The quantitative estimate of drug-likeness (QED) is 0.836. The number of hydrogen-bond donors (Lipinski definition) is 1. The van der Waals surface area contributed by atoms with Crippen LogP contribution >= 0.6 is 0 Å². The van der Waals surface area contributed by atoms with Gasteiger partial charge in [-0.25, -0.2) is 0 Å². The van der Waals surface area contributed by atoms with Gasteiger partial charge in [0.25, 0.3) is 0 Å². The second kappa shape index (κ2) is 4.47. The van der Waals surface area contributed by atoms with Gasteiger partial charge in [-0.05, 0) is 29.0 Å². The number of hydrogen-bond acceptors (Lipinski definition) is 3. The molecule has 0 fully saturated rings. The second-order valence-corrected chi connectivity index (χ2v) is 5.78. The minimum absolute atomic E-state index is 0.0601. The van der Waals surface area contributed by atoms with E-state index >= 15 is 0 Å². The highest BCUT2D eigenvalue weighted by Gasteiger charge is 2.18. The van der Waals surface area contributed by atoms with Crippen molar-refractivity contribution in [2.24, 2.45) is 0 Å². The van der Waals surface area contributed by atoms with Gasteiger partial charge in [0.2, 0.25) is 5.88 Å². The summed E-state index contributed by atoms with van der Waals surface area (Å²) in [5.41, 5.74) is 10.2. The molecule has 0 amide bonds. The van der Waals surface area contributed by atoms with Gasteiger partial charge in [-0.2, -0.15) is 5.26 Å². The number of nitrogens with two attached hydrogens (primary N) is 1. The third-order valence-electron chi connectivity index (χ3n) is 3.33. The summed E-state index contributed by atoms with van der Waals surface area (Å²) in [4.78, 5) is 0. The van der Waals surface area contributed by atoms with Crippen LogP contribution in [0.25, 0.3) is 11.1 Å². The standard InChI is InChI=1S/C16H18N2O/c1-10-5-6-11(16(2,3)4)7-12(10)14-9-19-15(18)13(14)8-17/h5-7,9H,18H2,1-4H3. The lowest BCUT2D eigenvalue weighted by Gasteiger charge is -2.20. The molecule has 0 aliphatic rings. The molecule has 2 N–H and O–H groups in total. The molecule has 0 unspecified atom stereocenters. The van der Waals surface area contributed by atoms with E-state index < -0.39 is 0 Å². The van der Waals surface area contributed by atoms with Gasteiger partial charge in [0.1, 0.15) is 17.9 Å². The first-order valence-corrected chi connectivity index (χ1v) is 6.23. The molecule has 0 radical (unpaired) electrons. The number of benzene rings is 1. The Labute approximate surface area is 113 Å². The van der Waals surface area contributed by atoms with Gasteiger partial charge in [-0.1, -0.05) is 39.0 Å². The summed E-state index contributed by atoms with van der Waals surface area (Å²) in [7, 11) is 0. The molecule has 0 atom stereocenters. The third-order valence-corrected chi connectivity index (χ3v) is 3.33. The molecule has 0 saturated heterocycles. The predicted octanol–water partition coefficient (Wildman–Crippen LogP) is 4.01. The first-order valence-electron chi connectivity index (χ1n) is 6.23. The largest absolute Gasteiger partial charge is 0.447 e. The van der Waals surface area contributed by atoms with Crippen LogP contribution in [0.1, 0.15) is 37.5 Å². The second-order valence-electron chi connectivity index (χ2n) is 5.78. The molecule has 1 aromatic carbocycles. The van der Waals surface area contributed by atoms with Crippen molar-refractivity contribution in [2.75, 3.05) is 5.73 Å². The van der Waals surface area contributed by atoms with E-state index in [2.05, 4.69) is 45.0 Å². The molecule has 0 bridgehead atoms. The minimum Gasteiger partial charge on any atom is -0.447 e. The maximum absolute atomic E-state index is 9.18. The number of rotatable bonds is 1. The molecule has 19 heavy (non-hydrogen) atoms. The molecule has 3 heteroatoms. The fourth-order valence-corrected chi connectivity index (χ4v) is 2.07. The van der Waals surface area contributed by atoms with E-state index in [4.69, 9.17) is 10.2 Å². The smallest absolute Gasteiger partial charge is 0.208 e. The molecule has 0 aliphatic heterocycles. The highest BCUT2D eigenvalue weighted by Crippen LogP contribution is 2.34. The Bertz CT molecular complexity index is 654. The predicted molar refractivity (Wildman–Crippen MR) is 76.7 cm³/mol. The molecule has 3 nitrogen and oxygen atoms in total. The van der Waals surface area contributed by atoms with Gasteiger partial charge in [-0.15, -0.1) is 0 Å². The highest BCUT2D eigenvalue weighted by molar-refractivity contribution is 5.77. The topological polar surface area (TPSA) is 62.9 Å². The lowest BCUT2D eigenvalue weighted by molar-refractivity contribution is 0.586. The Balaban J connectivity index is 2.66. The Morgan fingerprint density at radius 1 is 1.21 bits per heavy atom. The average Bonchev–Trinajstić information content (AvgIpc) is 2.69. The highest BCUT2D eigenvalue weighted by atomic mass is 16.3. The molecule has 1 aromatic heterocycles. The summed E-state index contributed by atoms with van der Waals surface area (Å²) < 4.78 is 5.18. The number of anilines is 1. The summed E-state index contributed by atoms with van der Waals surface area (Å²) in [5.74, 6) is 0.179. The van der Waals surface area contributed by atoms with E-state index in [9.17, 15) is 5.26 Å². The fourth-order valence-electron chi connectivity index (χ4n) is 2.07. The first kappa shape index (κ1) is 13.2. The van der Waals surface area contributed by atoms with Crippen molar-refractivity contribution >= 4 is 5.88 Å². The maximum atomic E-state index is 9.18. The lowest BCUT2D eigenvalue weighted by Crippen LogP contribution is -2.11. The SMILES string of the molecule is Cc1ccc(C(C)(C)C)cc1-c1coc(N)c1C#N. The van der Waals surface area contributed by atoms with E-state index in [1.165, 1.54) is 5.56 Å². The van der Waals surface area contributed by atoms with Crippen molar-refractivity contribution < 1.29 is 4.42 Å². The molecular weight excluding hydrogens is 236 g/mol. The number of nitrogens with zero attached hydrogens (tertiary/aromatic N) is 1. The summed E-state index contributed by atoms with van der Waals surface area (Å²) in [6.07, 6.45) is 1.56. The zero-order chi connectivity index (χ0) is 14.2. The summed E-state index contributed by atoms with van der Waals surface area (Å²) in [6, 6.07) is 8.41. The first-order chi connectivity index (χ1) is 8.84. The van der Waals surface area contributed by atoms with Crippen LogP contribution in [0, 0.1) is 18.3 Å². The van der Waals surface area contributed by atoms with E-state index in [1.807, 2.05) is 6.92 Å². The zero-order valence-corrected chi connectivity index (χ0v) is 11.7. The van der Waals surface area contributed by atoms with Crippen LogP contribution in [0.2, 0.25) is 0 Å². The van der Waals surface area contributed by atoms with Gasteiger partial charge in [0.15, 0.2) is 0 Å². The normalized spacial score (nSPS) is 11.3. The third kappa shape index (κ3) is 2.34. The van der Waals surface area contributed by atoms with Crippen molar-refractivity contribution in [3.8, 4) is 17.2 Å². The van der Waals surface area contributed by atoms with Crippen LogP contribution in [0.3, 0.4) is 0 Å². The van der Waals surface area contributed by atoms with Crippen LogP contribution in [-0.2, 0) is 5.41 Å². The summed E-state index contributed by atoms with van der Waals surface area (Å²) in [6.45, 7) is 8.51. The maximum Gasteiger partial charge on any atom is 0.208 e. The Hall–Kier alpha value is -2.21. The molecule has 0 aliphatic carbocycles. The van der Waals surface area contributed by atoms with Crippen molar-refractivity contribution in [3.63, 3.8) is 0 Å². The fraction of sp³-hybridized carbons (Fsp3) is 0.312. The van der Waals surface area contributed by atoms with Gasteiger partial charge in [0.05, 0.1) is 0 Å². The zero-order valence-electron chi connectivity index (χ0n) is 11.7. The molecule has 98 valence electrons. The molecular formula is C16H18N2O. The van der Waals surface area contributed by atoms with Crippen molar-refractivity contribution in [1.82, 2.24) is 0 Å². The Morgan fingerprint density at radius 2 is 1.89 bits per heavy atom. The summed E-state index contributed by atoms with van der Waals surface area (Å²) in [5, 5.41) is 9.18. The van der Waals surface area contributed by atoms with E-state index in [-0.39, 0.29) is 11.3 Å². The van der Waals surface area contributed by atoms with Crippen molar-refractivity contribution in [2.45, 2.75) is 33.1 Å². The lowest BCUT2D eigenvalue weighted by atomic mass is 9.84. The van der Waals surface area contributed by atoms with E-state index in [0.29, 0.717) is 5.56 Å².